The highest BCUT2D eigenvalue weighted by Crippen LogP contribution is 2.34. The maximum atomic E-state index is 12.9. The van der Waals surface area contributed by atoms with Crippen LogP contribution in [0.5, 0.6) is 5.75 Å². The van der Waals surface area contributed by atoms with Crippen LogP contribution in [0.4, 0.5) is 0 Å². The number of aryl methyl sites for hydroxylation is 1. The van der Waals surface area contributed by atoms with Gasteiger partial charge in [-0.25, -0.2) is 4.79 Å². The van der Waals surface area contributed by atoms with Gasteiger partial charge in [0.25, 0.3) is 5.91 Å². The smallest absolute Gasteiger partial charge is 0.336 e. The molecule has 32 heavy (non-hydrogen) atoms. The maximum Gasteiger partial charge on any atom is 0.336 e. The van der Waals surface area contributed by atoms with Gasteiger partial charge in [-0.05, 0) is 50.5 Å². The third kappa shape index (κ3) is 4.00. The van der Waals surface area contributed by atoms with Crippen LogP contribution in [0, 0.1) is 6.92 Å². The number of nitrogens with one attached hydrogen (secondary N) is 1. The Morgan fingerprint density at radius 2 is 1.88 bits per heavy atom. The average Bonchev–Trinajstić information content (AvgIpc) is 3.09. The molecule has 2 aliphatic rings. The van der Waals surface area contributed by atoms with Crippen LogP contribution in [0.2, 0.25) is 5.02 Å². The van der Waals surface area contributed by atoms with E-state index in [2.05, 4.69) is 5.32 Å². The molecule has 2 saturated heterocycles. The van der Waals surface area contributed by atoms with Gasteiger partial charge in [0.15, 0.2) is 6.10 Å². The summed E-state index contributed by atoms with van der Waals surface area (Å²) in [5, 5.41) is 4.85. The number of carbonyl (C=O) groups is 1. The van der Waals surface area contributed by atoms with Crippen molar-refractivity contribution in [2.24, 2.45) is 0 Å². The number of ether oxygens (including phenoxy) is 1. The van der Waals surface area contributed by atoms with Crippen molar-refractivity contribution >= 4 is 28.5 Å². The van der Waals surface area contributed by atoms with Crippen molar-refractivity contribution in [3.05, 3.63) is 63.5 Å². The number of carbonyl (C=O) groups excluding carboxylic acids is 1. The third-order valence-electron chi connectivity index (χ3n) is 6.32. The first-order valence-corrected chi connectivity index (χ1v) is 11.3. The summed E-state index contributed by atoms with van der Waals surface area (Å²) < 4.78 is 11.4. The van der Waals surface area contributed by atoms with E-state index in [1.54, 1.807) is 19.1 Å². The molecule has 7 heteroatoms. The van der Waals surface area contributed by atoms with Crippen LogP contribution in [-0.2, 0) is 4.79 Å². The van der Waals surface area contributed by atoms with Gasteiger partial charge in [0.05, 0.1) is 0 Å². The van der Waals surface area contributed by atoms with Crippen LogP contribution < -0.4 is 15.7 Å². The molecule has 2 unspecified atom stereocenters. The summed E-state index contributed by atoms with van der Waals surface area (Å²) in [6.45, 7) is 5.16. The van der Waals surface area contributed by atoms with Crippen LogP contribution >= 0.6 is 11.6 Å². The van der Waals surface area contributed by atoms with Gasteiger partial charge >= 0.3 is 5.63 Å². The quantitative estimate of drug-likeness (QED) is 0.602. The fraction of sp³-hybridized carbons (Fsp3) is 0.360. The van der Waals surface area contributed by atoms with E-state index < -0.39 is 11.7 Å². The number of rotatable bonds is 4. The molecule has 1 aromatic heterocycles. The molecule has 3 atom stereocenters. The number of piperazine rings is 1. The first-order valence-electron chi connectivity index (χ1n) is 10.9. The van der Waals surface area contributed by atoms with E-state index in [4.69, 9.17) is 20.8 Å². The molecule has 0 spiro atoms. The van der Waals surface area contributed by atoms with Crippen molar-refractivity contribution in [2.45, 2.75) is 44.9 Å². The highest BCUT2D eigenvalue weighted by atomic mass is 35.5. The lowest BCUT2D eigenvalue weighted by atomic mass is 10.0. The Morgan fingerprint density at radius 3 is 2.59 bits per heavy atom. The minimum atomic E-state index is -0.633. The highest BCUT2D eigenvalue weighted by molar-refractivity contribution is 6.33. The molecule has 5 rings (SSSR count). The lowest BCUT2D eigenvalue weighted by Crippen LogP contribution is -2.55. The van der Waals surface area contributed by atoms with Gasteiger partial charge in [-0.3, -0.25) is 4.79 Å². The fourth-order valence-corrected chi connectivity index (χ4v) is 5.10. The molecule has 2 bridgehead atoms. The second kappa shape index (κ2) is 8.26. The fourth-order valence-electron chi connectivity index (χ4n) is 4.77. The topological polar surface area (TPSA) is 71.8 Å². The molecule has 6 nitrogen and oxygen atoms in total. The lowest BCUT2D eigenvalue weighted by molar-refractivity contribution is -0.139. The van der Waals surface area contributed by atoms with Gasteiger partial charge < -0.3 is 19.4 Å². The molecule has 1 amide bonds. The summed E-state index contributed by atoms with van der Waals surface area (Å²) >= 11 is 6.45. The number of nitrogens with zero attached hydrogens (tertiary/aromatic N) is 1. The number of hydrogen-bond donors (Lipinski definition) is 1. The van der Waals surface area contributed by atoms with Gasteiger partial charge in [-0.15, -0.1) is 0 Å². The zero-order valence-corrected chi connectivity index (χ0v) is 18.8. The molecule has 2 aliphatic heterocycles. The Balaban J connectivity index is 1.41. The van der Waals surface area contributed by atoms with Gasteiger partial charge in [-0.1, -0.05) is 23.7 Å². The normalized spacial score (nSPS) is 21.0. The Labute approximate surface area is 191 Å². The van der Waals surface area contributed by atoms with Crippen LogP contribution in [0.25, 0.3) is 22.1 Å². The summed E-state index contributed by atoms with van der Waals surface area (Å²) in [6, 6.07) is 13.2. The van der Waals surface area contributed by atoms with E-state index in [1.165, 1.54) is 6.07 Å². The Kier molecular flexibility index (Phi) is 5.43. The second-order valence-electron chi connectivity index (χ2n) is 8.76. The van der Waals surface area contributed by atoms with Crippen molar-refractivity contribution in [1.82, 2.24) is 10.2 Å². The number of likely N-dealkylation sites (tertiary alicyclic amines) is 1. The van der Waals surface area contributed by atoms with E-state index in [1.807, 2.05) is 36.1 Å². The molecular formula is C25H25ClN2O4. The Bertz CT molecular complexity index is 1240. The summed E-state index contributed by atoms with van der Waals surface area (Å²) in [6.07, 6.45) is 1.59. The van der Waals surface area contributed by atoms with Gasteiger partial charge in [0, 0.05) is 58.8 Å². The molecule has 2 fully saturated rings. The molecule has 3 heterocycles. The highest BCUT2D eigenvalue weighted by Gasteiger charge is 2.36. The van der Waals surface area contributed by atoms with Crippen molar-refractivity contribution in [1.29, 1.82) is 0 Å². The molecule has 0 aliphatic carbocycles. The van der Waals surface area contributed by atoms with Crippen LogP contribution in [0.15, 0.2) is 51.7 Å². The predicted molar refractivity (Wildman–Crippen MR) is 124 cm³/mol. The summed E-state index contributed by atoms with van der Waals surface area (Å²) in [7, 11) is 0. The maximum absolute atomic E-state index is 12.9. The minimum absolute atomic E-state index is 0.0230. The zero-order valence-electron chi connectivity index (χ0n) is 18.1. The minimum Gasteiger partial charge on any atom is -0.481 e. The predicted octanol–water partition coefficient (Wildman–Crippen LogP) is 4.15. The molecule has 1 N–H and O–H groups in total. The van der Waals surface area contributed by atoms with Gasteiger partial charge in [-0.2, -0.15) is 0 Å². The van der Waals surface area contributed by atoms with Crippen LogP contribution in [0.3, 0.4) is 0 Å². The van der Waals surface area contributed by atoms with Crippen LogP contribution in [-0.4, -0.2) is 42.1 Å². The SMILES string of the molecule is Cc1ccc(-c2cc(=O)oc3cc(O[C@H](C)C(=O)N4CC5CCC(C4)N5)ccc23)c(Cl)c1. The standard InChI is InChI=1S/C25H25ClN2O4/c1-14-3-7-19(22(26)9-14)21-11-24(29)32-23-10-18(6-8-20(21)23)31-15(2)25(30)28-12-16-4-5-17(13-28)27-16/h3,6-11,15-17,27H,4-5,12-13H2,1-2H3/t15-,16?,17?/m1/s1. The summed E-state index contributed by atoms with van der Waals surface area (Å²) in [5.41, 5.74) is 2.43. The first kappa shape index (κ1) is 21.0. The second-order valence-corrected chi connectivity index (χ2v) is 9.17. The van der Waals surface area contributed by atoms with E-state index in [0.29, 0.717) is 34.0 Å². The van der Waals surface area contributed by atoms with Gasteiger partial charge in [0.2, 0.25) is 0 Å². The monoisotopic (exact) mass is 452 g/mol. The molecule has 0 saturated carbocycles. The Hall–Kier alpha value is -2.83. The first-order chi connectivity index (χ1) is 15.4. The number of hydrogen-bond acceptors (Lipinski definition) is 5. The van der Waals surface area contributed by atoms with Gasteiger partial charge in [0.1, 0.15) is 11.3 Å². The lowest BCUT2D eigenvalue weighted by Gasteiger charge is -2.34. The van der Waals surface area contributed by atoms with E-state index in [-0.39, 0.29) is 5.91 Å². The van der Waals surface area contributed by atoms with E-state index >= 15 is 0 Å². The van der Waals surface area contributed by atoms with Crippen molar-refractivity contribution in [3.63, 3.8) is 0 Å². The molecule has 0 radical (unpaired) electrons. The van der Waals surface area contributed by atoms with Crippen LogP contribution in [0.1, 0.15) is 25.3 Å². The van der Waals surface area contributed by atoms with E-state index in [9.17, 15) is 9.59 Å². The number of halogens is 1. The van der Waals surface area contributed by atoms with Crippen molar-refractivity contribution < 1.29 is 13.9 Å². The molecule has 2 aromatic carbocycles. The third-order valence-corrected chi connectivity index (χ3v) is 6.63. The average molecular weight is 453 g/mol. The number of benzene rings is 2. The summed E-state index contributed by atoms with van der Waals surface area (Å²) in [4.78, 5) is 27.1. The number of amides is 1. The molecule has 3 aromatic rings. The van der Waals surface area contributed by atoms with Crippen molar-refractivity contribution in [2.75, 3.05) is 13.1 Å². The van der Waals surface area contributed by atoms with E-state index in [0.717, 1.165) is 42.4 Å². The Morgan fingerprint density at radius 1 is 1.12 bits per heavy atom. The molecule has 166 valence electrons. The number of fused-ring (bicyclic) bond motifs is 3. The molecular weight excluding hydrogens is 428 g/mol. The zero-order chi connectivity index (χ0) is 22.4. The van der Waals surface area contributed by atoms with Crippen molar-refractivity contribution in [3.8, 4) is 16.9 Å². The summed E-state index contributed by atoms with van der Waals surface area (Å²) in [5.74, 6) is 0.455. The largest absolute Gasteiger partial charge is 0.481 e.